The Kier molecular flexibility index (Phi) is 4.22. The zero-order valence-corrected chi connectivity index (χ0v) is 11.5. The van der Waals surface area contributed by atoms with E-state index in [0.29, 0.717) is 11.3 Å². The maximum absolute atomic E-state index is 8.13. The van der Waals surface area contributed by atoms with Gasteiger partial charge in [0.05, 0.1) is 19.9 Å². The molecule has 20 heavy (non-hydrogen) atoms. The summed E-state index contributed by atoms with van der Waals surface area (Å²) in [5.74, 6) is 7.67. The second-order valence-electron chi connectivity index (χ2n) is 4.15. The van der Waals surface area contributed by atoms with Crippen LogP contribution in [0.5, 0.6) is 11.5 Å². The Bertz CT molecular complexity index is 579. The van der Waals surface area contributed by atoms with Crippen LogP contribution in [-0.2, 0) is 0 Å². The van der Waals surface area contributed by atoms with Gasteiger partial charge in [0.15, 0.2) is 0 Å². The van der Waals surface area contributed by atoms with Gasteiger partial charge in [-0.3, -0.25) is 10.4 Å². The molecule has 5 heteroatoms. The third-order valence-electron chi connectivity index (χ3n) is 2.95. The lowest BCUT2D eigenvalue weighted by Gasteiger charge is -2.19. The summed E-state index contributed by atoms with van der Waals surface area (Å²) in [5, 5.41) is 9.45. The standard InChI is InChI=1S/C15H17N3O2/c1-19-13-7-3-11(4-8-13)15(16)18(17)12-5-9-14(20-2)10-6-12/h3-10,16H,17H2,1-2H3. The molecule has 2 rings (SSSR count). The van der Waals surface area contributed by atoms with Crippen LogP contribution in [0.15, 0.2) is 48.5 Å². The molecule has 3 N–H and O–H groups in total. The summed E-state index contributed by atoms with van der Waals surface area (Å²) in [6.07, 6.45) is 0. The van der Waals surface area contributed by atoms with Crippen LogP contribution in [0.3, 0.4) is 0 Å². The van der Waals surface area contributed by atoms with E-state index in [4.69, 9.17) is 20.7 Å². The van der Waals surface area contributed by atoms with Gasteiger partial charge in [-0.15, -0.1) is 0 Å². The molecule has 5 nitrogen and oxygen atoms in total. The van der Waals surface area contributed by atoms with Crippen molar-refractivity contribution >= 4 is 11.5 Å². The lowest BCUT2D eigenvalue weighted by atomic mass is 10.2. The van der Waals surface area contributed by atoms with E-state index in [1.165, 1.54) is 5.01 Å². The van der Waals surface area contributed by atoms with Gasteiger partial charge in [0.2, 0.25) is 0 Å². The molecule has 0 fully saturated rings. The molecule has 0 bridgehead atoms. The Labute approximate surface area is 118 Å². The third-order valence-corrected chi connectivity index (χ3v) is 2.95. The topological polar surface area (TPSA) is 71.6 Å². The van der Waals surface area contributed by atoms with E-state index in [2.05, 4.69) is 0 Å². The van der Waals surface area contributed by atoms with Crippen molar-refractivity contribution in [3.63, 3.8) is 0 Å². The highest BCUT2D eigenvalue weighted by Crippen LogP contribution is 2.19. The van der Waals surface area contributed by atoms with Crippen LogP contribution in [0, 0.1) is 5.41 Å². The number of rotatable bonds is 4. The molecular weight excluding hydrogens is 254 g/mol. The van der Waals surface area contributed by atoms with Crippen molar-refractivity contribution in [2.45, 2.75) is 0 Å². The average Bonchev–Trinajstić information content (AvgIpc) is 2.53. The van der Waals surface area contributed by atoms with Crippen molar-refractivity contribution in [3.8, 4) is 11.5 Å². The Morgan fingerprint density at radius 2 is 1.35 bits per heavy atom. The monoisotopic (exact) mass is 271 g/mol. The first kappa shape index (κ1) is 13.9. The SMILES string of the molecule is COc1ccc(C(=N)N(N)c2ccc(OC)cc2)cc1. The zero-order chi connectivity index (χ0) is 14.5. The second-order valence-corrected chi connectivity index (χ2v) is 4.15. The number of nitrogens with zero attached hydrogens (tertiary/aromatic N) is 1. The number of anilines is 1. The second kappa shape index (κ2) is 6.08. The normalized spacial score (nSPS) is 9.95. The molecule has 2 aromatic rings. The number of hydrogen-bond acceptors (Lipinski definition) is 4. The third kappa shape index (κ3) is 2.89. The molecule has 0 aromatic heterocycles. The molecule has 0 radical (unpaired) electrons. The van der Waals surface area contributed by atoms with Crippen LogP contribution in [-0.4, -0.2) is 20.1 Å². The van der Waals surface area contributed by atoms with Crippen molar-refractivity contribution in [2.75, 3.05) is 19.2 Å². The number of hydrogen-bond donors (Lipinski definition) is 2. The van der Waals surface area contributed by atoms with E-state index in [-0.39, 0.29) is 5.84 Å². The number of benzene rings is 2. The molecule has 0 aliphatic rings. The number of nitrogens with one attached hydrogen (secondary N) is 1. The van der Waals surface area contributed by atoms with Gasteiger partial charge in [0, 0.05) is 5.56 Å². The molecule has 0 aliphatic heterocycles. The maximum Gasteiger partial charge on any atom is 0.147 e. The van der Waals surface area contributed by atoms with Gasteiger partial charge in [-0.2, -0.15) is 0 Å². The minimum atomic E-state index is 0.206. The summed E-state index contributed by atoms with van der Waals surface area (Å²) < 4.78 is 10.2. The minimum absolute atomic E-state index is 0.206. The molecule has 0 unspecified atom stereocenters. The number of hydrazine groups is 1. The van der Waals surface area contributed by atoms with Gasteiger partial charge in [0.1, 0.15) is 17.3 Å². The fourth-order valence-corrected chi connectivity index (χ4v) is 1.76. The highest BCUT2D eigenvalue weighted by molar-refractivity contribution is 6.07. The highest BCUT2D eigenvalue weighted by Gasteiger charge is 2.10. The summed E-state index contributed by atoms with van der Waals surface area (Å²) in [5.41, 5.74) is 1.43. The molecule has 0 saturated carbocycles. The van der Waals surface area contributed by atoms with Gasteiger partial charge >= 0.3 is 0 Å². The van der Waals surface area contributed by atoms with Crippen molar-refractivity contribution in [3.05, 3.63) is 54.1 Å². The van der Waals surface area contributed by atoms with Gasteiger partial charge in [-0.1, -0.05) is 0 Å². The molecule has 0 aliphatic carbocycles. The quantitative estimate of drug-likeness (QED) is 0.388. The molecule has 104 valence electrons. The van der Waals surface area contributed by atoms with E-state index >= 15 is 0 Å². The molecule has 2 aromatic carbocycles. The maximum atomic E-state index is 8.13. The Morgan fingerprint density at radius 1 is 0.900 bits per heavy atom. The van der Waals surface area contributed by atoms with E-state index < -0.39 is 0 Å². The van der Waals surface area contributed by atoms with Crippen LogP contribution >= 0.6 is 0 Å². The summed E-state index contributed by atoms with van der Waals surface area (Å²) >= 11 is 0. The molecular formula is C15H17N3O2. The van der Waals surface area contributed by atoms with Crippen LogP contribution in [0.25, 0.3) is 0 Å². The molecule has 0 saturated heterocycles. The van der Waals surface area contributed by atoms with E-state index in [9.17, 15) is 0 Å². The summed E-state index contributed by atoms with van der Waals surface area (Å²) in [6, 6.07) is 14.4. The first-order valence-electron chi connectivity index (χ1n) is 6.07. The molecule has 0 amide bonds. The minimum Gasteiger partial charge on any atom is -0.497 e. The van der Waals surface area contributed by atoms with Crippen LogP contribution in [0.1, 0.15) is 5.56 Å². The number of amidine groups is 1. The van der Waals surface area contributed by atoms with Gasteiger partial charge < -0.3 is 9.47 Å². The smallest absolute Gasteiger partial charge is 0.147 e. The molecule has 0 atom stereocenters. The predicted molar refractivity (Wildman–Crippen MR) is 79.5 cm³/mol. The van der Waals surface area contributed by atoms with E-state index in [1.807, 2.05) is 0 Å². The molecule has 0 heterocycles. The van der Waals surface area contributed by atoms with Crippen LogP contribution in [0.2, 0.25) is 0 Å². The largest absolute Gasteiger partial charge is 0.497 e. The van der Waals surface area contributed by atoms with Crippen molar-refractivity contribution in [2.24, 2.45) is 5.84 Å². The first-order chi connectivity index (χ1) is 9.65. The zero-order valence-electron chi connectivity index (χ0n) is 11.5. The van der Waals surface area contributed by atoms with E-state index in [0.717, 1.165) is 11.5 Å². The number of nitrogens with two attached hydrogens (primary N) is 1. The molecule has 0 spiro atoms. The number of ether oxygens (including phenoxy) is 2. The summed E-state index contributed by atoms with van der Waals surface area (Å²) in [7, 11) is 3.21. The number of methoxy groups -OCH3 is 2. The Morgan fingerprint density at radius 3 is 1.80 bits per heavy atom. The highest BCUT2D eigenvalue weighted by atomic mass is 16.5. The van der Waals surface area contributed by atoms with Crippen molar-refractivity contribution < 1.29 is 9.47 Å². The Hall–Kier alpha value is -2.53. The van der Waals surface area contributed by atoms with Crippen LogP contribution < -0.4 is 20.3 Å². The van der Waals surface area contributed by atoms with Crippen molar-refractivity contribution in [1.29, 1.82) is 5.41 Å². The van der Waals surface area contributed by atoms with Crippen LogP contribution in [0.4, 0.5) is 5.69 Å². The lowest BCUT2D eigenvalue weighted by molar-refractivity contribution is 0.414. The van der Waals surface area contributed by atoms with Gasteiger partial charge in [0.25, 0.3) is 0 Å². The predicted octanol–water partition coefficient (Wildman–Crippen LogP) is 2.41. The Balaban J connectivity index is 2.17. The van der Waals surface area contributed by atoms with Gasteiger partial charge in [-0.05, 0) is 48.5 Å². The van der Waals surface area contributed by atoms with Crippen molar-refractivity contribution in [1.82, 2.24) is 0 Å². The lowest BCUT2D eigenvalue weighted by Crippen LogP contribution is -2.37. The average molecular weight is 271 g/mol. The fourth-order valence-electron chi connectivity index (χ4n) is 1.76. The first-order valence-corrected chi connectivity index (χ1v) is 6.07. The van der Waals surface area contributed by atoms with Gasteiger partial charge in [-0.25, -0.2) is 5.84 Å². The van der Waals surface area contributed by atoms with E-state index in [1.54, 1.807) is 62.8 Å². The summed E-state index contributed by atoms with van der Waals surface area (Å²) in [4.78, 5) is 0. The summed E-state index contributed by atoms with van der Waals surface area (Å²) in [6.45, 7) is 0. The fraction of sp³-hybridized carbons (Fsp3) is 0.133.